The van der Waals surface area contributed by atoms with E-state index in [1.807, 2.05) is 0 Å². The smallest absolute Gasteiger partial charge is 0.0609 e. The van der Waals surface area contributed by atoms with Gasteiger partial charge in [-0.1, -0.05) is 109 Å². The molecule has 1 heterocycles. The summed E-state index contributed by atoms with van der Waals surface area (Å²) in [7, 11) is 0. The third-order valence-electron chi connectivity index (χ3n) is 6.47. The monoisotopic (exact) mass is 469 g/mol. The summed E-state index contributed by atoms with van der Waals surface area (Å²) in [6.07, 6.45) is 21.1. The Morgan fingerprint density at radius 1 is 0.667 bits per heavy atom. The predicted octanol–water partition coefficient (Wildman–Crippen LogP) is 10.1. The molecule has 0 spiro atoms. The van der Waals surface area contributed by atoms with E-state index in [9.17, 15) is 0 Å². The van der Waals surface area contributed by atoms with Gasteiger partial charge >= 0.3 is 0 Å². The van der Waals surface area contributed by atoms with Gasteiger partial charge in [0.1, 0.15) is 0 Å². The first-order valence-corrected chi connectivity index (χ1v) is 13.3. The Bertz CT molecular complexity index is 879. The number of halogens is 1. The molecule has 1 nitrogen and oxygen atoms in total. The van der Waals surface area contributed by atoms with Crippen molar-refractivity contribution in [3.63, 3.8) is 0 Å². The van der Waals surface area contributed by atoms with Crippen LogP contribution in [0.4, 0.5) is 0 Å². The molecule has 2 heteroatoms. The standard InChI is InChI=1S/C28H40BrN/c1-2-3-4-5-6-7-8-9-10-11-12-13-14-15-17-23-20-21-27-25(22-23)24-18-16-19-26(29)28(24)30-27/h16,18-22,30H,2-15,17H2,1H3. The number of hydrogen-bond acceptors (Lipinski definition) is 0. The lowest BCUT2D eigenvalue weighted by molar-refractivity contribution is 0.535. The lowest BCUT2D eigenvalue weighted by atomic mass is 10.0. The van der Waals surface area contributed by atoms with Crippen LogP contribution in [0.15, 0.2) is 40.9 Å². The Kier molecular flexibility index (Phi) is 10.3. The molecule has 0 atom stereocenters. The van der Waals surface area contributed by atoms with Crippen LogP contribution in [0.2, 0.25) is 0 Å². The molecule has 3 rings (SSSR count). The molecule has 0 bridgehead atoms. The topological polar surface area (TPSA) is 15.8 Å². The zero-order chi connectivity index (χ0) is 21.0. The number of benzene rings is 2. The van der Waals surface area contributed by atoms with E-state index in [-0.39, 0.29) is 0 Å². The highest BCUT2D eigenvalue weighted by Crippen LogP contribution is 2.31. The fourth-order valence-corrected chi connectivity index (χ4v) is 5.08. The van der Waals surface area contributed by atoms with E-state index in [0.29, 0.717) is 0 Å². The van der Waals surface area contributed by atoms with E-state index in [1.165, 1.54) is 124 Å². The zero-order valence-corrected chi connectivity index (χ0v) is 20.5. The fourth-order valence-electron chi connectivity index (χ4n) is 4.61. The van der Waals surface area contributed by atoms with Crippen molar-refractivity contribution >= 4 is 37.7 Å². The van der Waals surface area contributed by atoms with Crippen molar-refractivity contribution in [1.29, 1.82) is 0 Å². The van der Waals surface area contributed by atoms with E-state index < -0.39 is 0 Å². The summed E-state index contributed by atoms with van der Waals surface area (Å²) in [5.74, 6) is 0. The zero-order valence-electron chi connectivity index (χ0n) is 18.9. The number of nitrogens with one attached hydrogen (secondary N) is 1. The number of H-pyrrole nitrogens is 1. The van der Waals surface area contributed by atoms with Crippen LogP contribution in [0.25, 0.3) is 21.8 Å². The predicted molar refractivity (Wildman–Crippen MR) is 138 cm³/mol. The highest BCUT2D eigenvalue weighted by Gasteiger charge is 2.07. The number of para-hydroxylation sites is 1. The van der Waals surface area contributed by atoms with Gasteiger partial charge in [0.15, 0.2) is 0 Å². The second-order valence-corrected chi connectivity index (χ2v) is 9.87. The summed E-state index contributed by atoms with van der Waals surface area (Å²) in [5, 5.41) is 2.68. The minimum atomic E-state index is 1.14. The Labute approximate surface area is 192 Å². The molecule has 0 aliphatic carbocycles. The largest absolute Gasteiger partial charge is 0.354 e. The molecule has 0 unspecified atom stereocenters. The average molecular weight is 471 g/mol. The van der Waals surface area contributed by atoms with Gasteiger partial charge in [-0.25, -0.2) is 0 Å². The Hall–Kier alpha value is -1.28. The Balaban J connectivity index is 1.26. The number of unbranched alkanes of at least 4 members (excludes halogenated alkanes) is 13. The van der Waals surface area contributed by atoms with Gasteiger partial charge in [-0.15, -0.1) is 0 Å². The van der Waals surface area contributed by atoms with E-state index in [1.54, 1.807) is 0 Å². The summed E-state index contributed by atoms with van der Waals surface area (Å²) in [4.78, 5) is 3.55. The van der Waals surface area contributed by atoms with Gasteiger partial charge in [-0.05, 0) is 52.5 Å². The summed E-state index contributed by atoms with van der Waals surface area (Å²) < 4.78 is 1.14. The van der Waals surface area contributed by atoms with E-state index in [4.69, 9.17) is 0 Å². The van der Waals surface area contributed by atoms with Crippen molar-refractivity contribution in [3.8, 4) is 0 Å². The van der Waals surface area contributed by atoms with Crippen molar-refractivity contribution in [3.05, 3.63) is 46.4 Å². The van der Waals surface area contributed by atoms with Gasteiger partial charge in [-0.2, -0.15) is 0 Å². The summed E-state index contributed by atoms with van der Waals surface area (Å²) in [6, 6.07) is 13.4. The van der Waals surface area contributed by atoms with Gasteiger partial charge in [0.2, 0.25) is 0 Å². The Morgan fingerprint density at radius 2 is 1.27 bits per heavy atom. The molecule has 0 radical (unpaired) electrons. The number of aryl methyl sites for hydroxylation is 1. The first-order valence-electron chi connectivity index (χ1n) is 12.5. The molecular weight excluding hydrogens is 430 g/mol. The average Bonchev–Trinajstić information content (AvgIpc) is 3.13. The highest BCUT2D eigenvalue weighted by atomic mass is 79.9. The highest BCUT2D eigenvalue weighted by molar-refractivity contribution is 9.10. The Morgan fingerprint density at radius 3 is 1.90 bits per heavy atom. The molecule has 164 valence electrons. The second-order valence-electron chi connectivity index (χ2n) is 9.01. The van der Waals surface area contributed by atoms with Crippen molar-refractivity contribution in [2.75, 3.05) is 0 Å². The number of fused-ring (bicyclic) bond motifs is 3. The number of hydrogen-bond donors (Lipinski definition) is 1. The molecule has 1 N–H and O–H groups in total. The van der Waals surface area contributed by atoms with Crippen molar-refractivity contribution < 1.29 is 0 Å². The summed E-state index contributed by atoms with van der Waals surface area (Å²) in [6.45, 7) is 2.29. The third kappa shape index (κ3) is 7.15. The fraction of sp³-hybridized carbons (Fsp3) is 0.571. The number of aromatic nitrogens is 1. The minimum Gasteiger partial charge on any atom is -0.354 e. The first-order chi connectivity index (χ1) is 14.8. The summed E-state index contributed by atoms with van der Waals surface area (Å²) >= 11 is 3.66. The van der Waals surface area contributed by atoms with Crippen LogP contribution >= 0.6 is 15.9 Å². The number of rotatable bonds is 15. The molecule has 0 aliphatic heterocycles. The molecule has 0 saturated heterocycles. The molecule has 1 aromatic heterocycles. The SMILES string of the molecule is CCCCCCCCCCCCCCCCc1ccc2[nH]c3c(Br)cccc3c2c1. The number of aromatic amines is 1. The van der Waals surface area contributed by atoms with Crippen molar-refractivity contribution in [2.45, 2.75) is 103 Å². The third-order valence-corrected chi connectivity index (χ3v) is 7.13. The van der Waals surface area contributed by atoms with Gasteiger partial charge in [0.25, 0.3) is 0 Å². The molecule has 3 aromatic rings. The minimum absolute atomic E-state index is 1.14. The molecular formula is C28H40BrN. The van der Waals surface area contributed by atoms with Crippen LogP contribution in [-0.2, 0) is 6.42 Å². The molecule has 2 aromatic carbocycles. The lowest BCUT2D eigenvalue weighted by Crippen LogP contribution is -1.87. The van der Waals surface area contributed by atoms with Gasteiger partial charge in [0.05, 0.1) is 5.52 Å². The van der Waals surface area contributed by atoms with Gasteiger partial charge < -0.3 is 4.98 Å². The molecule has 0 aliphatic rings. The van der Waals surface area contributed by atoms with E-state index >= 15 is 0 Å². The van der Waals surface area contributed by atoms with Gasteiger partial charge in [0, 0.05) is 20.8 Å². The van der Waals surface area contributed by atoms with Crippen molar-refractivity contribution in [2.24, 2.45) is 0 Å². The molecule has 0 fully saturated rings. The maximum Gasteiger partial charge on any atom is 0.0609 e. The van der Waals surface area contributed by atoms with Gasteiger partial charge in [-0.3, -0.25) is 0 Å². The maximum atomic E-state index is 3.66. The van der Waals surface area contributed by atoms with Crippen LogP contribution in [0.1, 0.15) is 102 Å². The van der Waals surface area contributed by atoms with Crippen LogP contribution in [0.5, 0.6) is 0 Å². The molecule has 0 saturated carbocycles. The van der Waals surface area contributed by atoms with Crippen LogP contribution < -0.4 is 0 Å². The quantitative estimate of drug-likeness (QED) is 0.213. The second kappa shape index (κ2) is 13.2. The first kappa shape index (κ1) is 23.4. The van der Waals surface area contributed by atoms with Crippen LogP contribution in [0.3, 0.4) is 0 Å². The van der Waals surface area contributed by atoms with Crippen LogP contribution in [-0.4, -0.2) is 4.98 Å². The summed E-state index contributed by atoms with van der Waals surface area (Å²) in [5.41, 5.74) is 3.92. The maximum absolute atomic E-state index is 3.66. The van der Waals surface area contributed by atoms with Crippen LogP contribution in [0, 0.1) is 0 Å². The normalized spacial score (nSPS) is 11.7. The molecule has 30 heavy (non-hydrogen) atoms. The molecule has 0 amide bonds. The van der Waals surface area contributed by atoms with Crippen molar-refractivity contribution in [1.82, 2.24) is 4.98 Å². The van der Waals surface area contributed by atoms with E-state index in [2.05, 4.69) is 64.2 Å². The van der Waals surface area contributed by atoms with E-state index in [0.717, 1.165) is 4.47 Å². The lowest BCUT2D eigenvalue weighted by Gasteiger charge is -2.04.